The molecule has 0 aromatic rings. The van der Waals surface area contributed by atoms with Crippen molar-refractivity contribution in [3.05, 3.63) is 0 Å². The molecule has 0 radical (unpaired) electrons. The van der Waals surface area contributed by atoms with E-state index >= 15 is 0 Å². The highest BCUT2D eigenvalue weighted by molar-refractivity contribution is 7.51. The highest BCUT2D eigenvalue weighted by Gasteiger charge is 2.10. The Morgan fingerprint density at radius 3 is 0.921 bits per heavy atom. The Morgan fingerprint density at radius 2 is 0.684 bits per heavy atom. The van der Waals surface area contributed by atoms with E-state index < -0.39 is 7.60 Å². The maximum atomic E-state index is 10.6. The molecule has 0 aromatic heterocycles. The number of hydrogen-bond donors (Lipinski definition) is 3. The minimum Gasteiger partial charge on any atom is -1.00 e. The summed E-state index contributed by atoms with van der Waals surface area (Å²) in [6, 6.07) is 0. The van der Waals surface area contributed by atoms with Gasteiger partial charge in [-0.05, 0) is 19.3 Å². The van der Waals surface area contributed by atoms with Crippen LogP contribution >= 0.6 is 7.60 Å². The van der Waals surface area contributed by atoms with Crippen molar-refractivity contribution in [1.29, 1.82) is 0 Å². The molecule has 234 valence electrons. The minimum absolute atomic E-state index is 0. The molecular formula is C32H71BrNO3P. The fraction of sp³-hybridized carbons (Fsp3) is 1.00. The molecule has 3 N–H and O–H groups in total. The molecule has 0 aliphatic carbocycles. The fourth-order valence-electron chi connectivity index (χ4n) is 4.83. The van der Waals surface area contributed by atoms with Crippen molar-refractivity contribution in [2.24, 2.45) is 0 Å². The quantitative estimate of drug-likeness (QED) is 0.0687. The summed E-state index contributed by atoms with van der Waals surface area (Å²) in [6.07, 6.45) is 35.4. The zero-order chi connectivity index (χ0) is 27.9. The highest BCUT2D eigenvalue weighted by atomic mass is 79.9. The van der Waals surface area contributed by atoms with Crippen molar-refractivity contribution in [3.8, 4) is 0 Å². The van der Waals surface area contributed by atoms with Crippen LogP contribution in [0.2, 0.25) is 0 Å². The SMILES string of the molecule is CCCCCCCCCCCCCCCCCC[NH+](C)C.CCCCCCCCCCCCP(=O)(O)O.[Br-]. The van der Waals surface area contributed by atoms with E-state index in [0.717, 1.165) is 12.8 Å². The summed E-state index contributed by atoms with van der Waals surface area (Å²) in [4.78, 5) is 18.9. The third-order valence-corrected chi connectivity index (χ3v) is 8.23. The van der Waals surface area contributed by atoms with Crippen molar-refractivity contribution in [1.82, 2.24) is 0 Å². The molecule has 0 aliphatic heterocycles. The standard InChI is InChI=1S/C20H43N.C12H27O3P.BrH/c1-4-5-6-7-8-9-10-11-12-13-14-15-16-17-18-19-20-21(2)3;1-2-3-4-5-6-7-8-9-10-11-12-16(13,14)15;/h4-20H2,1-3H3;2-12H2,1H3,(H2,13,14,15);1H. The van der Waals surface area contributed by atoms with Crippen molar-refractivity contribution in [2.45, 2.75) is 181 Å². The van der Waals surface area contributed by atoms with Gasteiger partial charge in [0.15, 0.2) is 0 Å². The van der Waals surface area contributed by atoms with E-state index in [2.05, 4.69) is 27.9 Å². The van der Waals surface area contributed by atoms with Gasteiger partial charge in [-0.3, -0.25) is 4.57 Å². The van der Waals surface area contributed by atoms with Gasteiger partial charge in [-0.25, -0.2) is 0 Å². The van der Waals surface area contributed by atoms with E-state index in [1.165, 1.54) is 154 Å². The van der Waals surface area contributed by atoms with Crippen molar-refractivity contribution in [2.75, 3.05) is 26.8 Å². The monoisotopic (exact) mass is 627 g/mol. The van der Waals surface area contributed by atoms with Crippen molar-refractivity contribution < 1.29 is 36.2 Å². The van der Waals surface area contributed by atoms with Gasteiger partial charge in [-0.2, -0.15) is 0 Å². The molecule has 0 saturated heterocycles. The molecule has 0 bridgehead atoms. The second-order valence-electron chi connectivity index (χ2n) is 11.8. The van der Waals surface area contributed by atoms with Crippen LogP contribution in [0.3, 0.4) is 0 Å². The molecule has 0 rings (SSSR count). The number of rotatable bonds is 28. The molecule has 0 amide bonds. The van der Waals surface area contributed by atoms with Crippen LogP contribution in [0.5, 0.6) is 0 Å². The van der Waals surface area contributed by atoms with E-state index in [9.17, 15) is 4.57 Å². The van der Waals surface area contributed by atoms with Crippen LogP contribution < -0.4 is 21.9 Å². The van der Waals surface area contributed by atoms with Gasteiger partial charge in [0.2, 0.25) is 0 Å². The Bertz CT molecular complexity index is 460. The first-order valence-electron chi connectivity index (χ1n) is 16.7. The molecule has 0 fully saturated rings. The molecular weight excluding hydrogens is 557 g/mol. The first kappa shape index (κ1) is 43.0. The van der Waals surface area contributed by atoms with E-state index in [4.69, 9.17) is 9.79 Å². The summed E-state index contributed by atoms with van der Waals surface area (Å²) in [7, 11) is 0.771. The van der Waals surface area contributed by atoms with Crippen LogP contribution in [0.15, 0.2) is 0 Å². The Labute approximate surface area is 250 Å². The Morgan fingerprint density at radius 1 is 0.447 bits per heavy atom. The first-order valence-corrected chi connectivity index (χ1v) is 18.5. The lowest BCUT2D eigenvalue weighted by Crippen LogP contribution is -3.05. The normalized spacial score (nSPS) is 11.3. The van der Waals surface area contributed by atoms with Gasteiger partial charge < -0.3 is 31.7 Å². The number of unbranched alkanes of at least 4 members (excludes halogenated alkanes) is 24. The second kappa shape index (κ2) is 35.6. The maximum absolute atomic E-state index is 10.6. The maximum Gasteiger partial charge on any atom is 0.325 e. The number of nitrogens with one attached hydrogen (secondary N) is 1. The molecule has 6 heteroatoms. The van der Waals surface area contributed by atoms with Crippen LogP contribution in [-0.4, -0.2) is 36.6 Å². The molecule has 0 aliphatic rings. The first-order chi connectivity index (χ1) is 17.8. The van der Waals surface area contributed by atoms with Crippen LogP contribution in [0.4, 0.5) is 0 Å². The Balaban J connectivity index is -0.000000650. The lowest BCUT2D eigenvalue weighted by molar-refractivity contribution is -0.858. The summed E-state index contributed by atoms with van der Waals surface area (Å²) in [5, 5.41) is 0. The summed E-state index contributed by atoms with van der Waals surface area (Å²) < 4.78 is 10.6. The molecule has 0 heterocycles. The number of hydrogen-bond acceptors (Lipinski definition) is 1. The summed E-state index contributed by atoms with van der Waals surface area (Å²) >= 11 is 0. The fourth-order valence-corrected chi connectivity index (χ4v) is 5.47. The third kappa shape index (κ3) is 46.4. The Hall–Kier alpha value is 0.590. The van der Waals surface area contributed by atoms with Gasteiger partial charge in [-0.15, -0.1) is 0 Å². The van der Waals surface area contributed by atoms with Crippen molar-refractivity contribution in [3.63, 3.8) is 0 Å². The zero-order valence-electron chi connectivity index (χ0n) is 26.4. The minimum atomic E-state index is -3.74. The molecule has 0 unspecified atom stereocenters. The molecule has 0 saturated carbocycles. The second-order valence-corrected chi connectivity index (χ2v) is 13.6. The molecule has 0 aromatic carbocycles. The lowest BCUT2D eigenvalue weighted by Gasteiger charge is -2.06. The zero-order valence-corrected chi connectivity index (χ0v) is 28.9. The summed E-state index contributed by atoms with van der Waals surface area (Å²) in [5.41, 5.74) is 0. The molecule has 38 heavy (non-hydrogen) atoms. The highest BCUT2D eigenvalue weighted by Crippen LogP contribution is 2.35. The number of halogens is 1. The lowest BCUT2D eigenvalue weighted by atomic mass is 10.0. The largest absolute Gasteiger partial charge is 1.00 e. The smallest absolute Gasteiger partial charge is 0.325 e. The molecule has 0 spiro atoms. The van der Waals surface area contributed by atoms with E-state index in [1.807, 2.05) is 0 Å². The third-order valence-electron chi connectivity index (χ3n) is 7.33. The predicted molar refractivity (Wildman–Crippen MR) is 166 cm³/mol. The molecule has 4 nitrogen and oxygen atoms in total. The van der Waals surface area contributed by atoms with Gasteiger partial charge in [0, 0.05) is 6.16 Å². The molecule has 0 atom stereocenters. The van der Waals surface area contributed by atoms with Gasteiger partial charge in [-0.1, -0.05) is 162 Å². The van der Waals surface area contributed by atoms with E-state index in [0.29, 0.717) is 6.42 Å². The van der Waals surface area contributed by atoms with Crippen LogP contribution in [0.25, 0.3) is 0 Å². The topological polar surface area (TPSA) is 62.0 Å². The number of quaternary nitrogens is 1. The Kier molecular flexibility index (Phi) is 40.3. The van der Waals surface area contributed by atoms with Gasteiger partial charge >= 0.3 is 7.60 Å². The van der Waals surface area contributed by atoms with Gasteiger partial charge in [0.05, 0.1) is 20.6 Å². The van der Waals surface area contributed by atoms with E-state index in [1.54, 1.807) is 4.90 Å². The predicted octanol–water partition coefficient (Wildman–Crippen LogP) is 6.48. The summed E-state index contributed by atoms with van der Waals surface area (Å²) in [5.74, 6) is 0. The van der Waals surface area contributed by atoms with Crippen LogP contribution in [-0.2, 0) is 4.57 Å². The van der Waals surface area contributed by atoms with Crippen LogP contribution in [0.1, 0.15) is 181 Å². The van der Waals surface area contributed by atoms with Gasteiger partial charge in [0.1, 0.15) is 0 Å². The summed E-state index contributed by atoms with van der Waals surface area (Å²) in [6.45, 7) is 5.87. The van der Waals surface area contributed by atoms with Crippen molar-refractivity contribution >= 4 is 7.60 Å². The average Bonchev–Trinajstić information content (AvgIpc) is 2.84. The average molecular weight is 629 g/mol. The van der Waals surface area contributed by atoms with Gasteiger partial charge in [0.25, 0.3) is 0 Å². The van der Waals surface area contributed by atoms with E-state index in [-0.39, 0.29) is 23.1 Å². The van der Waals surface area contributed by atoms with Crippen LogP contribution in [0, 0.1) is 0 Å².